The van der Waals surface area contributed by atoms with Gasteiger partial charge in [-0.15, -0.1) is 0 Å². The molecule has 1 aromatic heterocycles. The number of carbonyl (C=O) groups is 1. The Morgan fingerprint density at radius 2 is 1.81 bits per heavy atom. The number of rotatable bonds is 4. The van der Waals surface area contributed by atoms with Crippen molar-refractivity contribution < 1.29 is 27.3 Å². The molecule has 0 radical (unpaired) electrons. The van der Waals surface area contributed by atoms with Crippen molar-refractivity contribution in [1.82, 2.24) is 0 Å². The predicted molar refractivity (Wildman–Crippen MR) is 118 cm³/mol. The molecule has 0 bridgehead atoms. The van der Waals surface area contributed by atoms with Crippen LogP contribution in [0.15, 0.2) is 70.0 Å². The number of nitrogens with zero attached hydrogens (tertiary/aromatic N) is 2. The van der Waals surface area contributed by atoms with E-state index in [1.165, 1.54) is 42.5 Å². The number of hydrogen-bond donors (Lipinski definition) is 0. The molecule has 0 spiro atoms. The number of carbonyl (C=O) groups excluding carboxylic acids is 1. The summed E-state index contributed by atoms with van der Waals surface area (Å²) in [4.78, 5) is 24.3. The summed E-state index contributed by atoms with van der Waals surface area (Å²) in [5.74, 6) is 0.190. The van der Waals surface area contributed by atoms with Crippen LogP contribution in [0.4, 0.5) is 24.5 Å². The van der Waals surface area contributed by atoms with Crippen molar-refractivity contribution in [3.8, 4) is 11.3 Å². The van der Waals surface area contributed by atoms with E-state index < -0.39 is 22.6 Å². The van der Waals surface area contributed by atoms with Crippen molar-refractivity contribution in [2.45, 2.75) is 6.18 Å². The lowest BCUT2D eigenvalue weighted by Crippen LogP contribution is -2.27. The zero-order valence-electron chi connectivity index (χ0n) is 15.8. The minimum absolute atomic E-state index is 0.0248. The SMILES string of the molecule is O=C1/C(=C/c2ccc(-c3ccc([N+](=O)[O-])cc3)o2)SC(=S)N1c1cccc(C(F)(F)F)c1. The van der Waals surface area contributed by atoms with Crippen molar-refractivity contribution in [1.29, 1.82) is 0 Å². The summed E-state index contributed by atoms with van der Waals surface area (Å²) in [5, 5.41) is 10.8. The maximum absolute atomic E-state index is 13.0. The smallest absolute Gasteiger partial charge is 0.416 e. The van der Waals surface area contributed by atoms with Crippen molar-refractivity contribution in [3.63, 3.8) is 0 Å². The van der Waals surface area contributed by atoms with E-state index in [1.54, 1.807) is 12.1 Å². The van der Waals surface area contributed by atoms with Gasteiger partial charge in [0.2, 0.25) is 0 Å². The highest BCUT2D eigenvalue weighted by Crippen LogP contribution is 2.39. The molecule has 0 unspecified atom stereocenters. The highest BCUT2D eigenvalue weighted by Gasteiger charge is 2.36. The van der Waals surface area contributed by atoms with Crippen LogP contribution in [0.3, 0.4) is 0 Å². The topological polar surface area (TPSA) is 76.6 Å². The van der Waals surface area contributed by atoms with Gasteiger partial charge in [-0.05, 0) is 42.5 Å². The van der Waals surface area contributed by atoms with Crippen LogP contribution in [-0.4, -0.2) is 15.2 Å². The van der Waals surface area contributed by atoms with Crippen LogP contribution in [0.5, 0.6) is 0 Å². The zero-order valence-corrected chi connectivity index (χ0v) is 17.5. The molecule has 11 heteroatoms. The first-order valence-corrected chi connectivity index (χ1v) is 10.2. The molecule has 0 N–H and O–H groups in total. The zero-order chi connectivity index (χ0) is 23.0. The molecule has 1 fully saturated rings. The van der Waals surface area contributed by atoms with Crippen molar-refractivity contribution in [2.24, 2.45) is 0 Å². The van der Waals surface area contributed by atoms with Gasteiger partial charge in [-0.25, -0.2) is 0 Å². The Labute approximate surface area is 188 Å². The molecular weight excluding hydrogens is 465 g/mol. The minimum atomic E-state index is -4.55. The number of furan rings is 1. The molecule has 4 rings (SSSR count). The van der Waals surface area contributed by atoms with Gasteiger partial charge >= 0.3 is 6.18 Å². The summed E-state index contributed by atoms with van der Waals surface area (Å²) in [6.45, 7) is 0. The van der Waals surface area contributed by atoms with E-state index in [9.17, 15) is 28.1 Å². The first-order chi connectivity index (χ1) is 15.1. The number of nitro groups is 1. The van der Waals surface area contributed by atoms with Crippen molar-refractivity contribution in [2.75, 3.05) is 4.90 Å². The summed E-state index contributed by atoms with van der Waals surface area (Å²) in [7, 11) is 0. The second-order valence-corrected chi connectivity index (χ2v) is 8.25. The Kier molecular flexibility index (Phi) is 5.61. The van der Waals surface area contributed by atoms with E-state index in [2.05, 4.69) is 0 Å². The lowest BCUT2D eigenvalue weighted by Gasteiger charge is -2.16. The molecule has 2 heterocycles. The summed E-state index contributed by atoms with van der Waals surface area (Å²) in [6, 6.07) is 13.4. The fourth-order valence-electron chi connectivity index (χ4n) is 2.97. The number of alkyl halides is 3. The lowest BCUT2D eigenvalue weighted by molar-refractivity contribution is -0.384. The Bertz CT molecular complexity index is 1270. The van der Waals surface area contributed by atoms with Gasteiger partial charge in [-0.3, -0.25) is 19.8 Å². The second kappa shape index (κ2) is 8.24. The molecule has 1 aliphatic rings. The molecule has 0 atom stereocenters. The normalized spacial score (nSPS) is 15.6. The molecule has 0 saturated carbocycles. The van der Waals surface area contributed by atoms with Gasteiger partial charge in [0.1, 0.15) is 11.5 Å². The van der Waals surface area contributed by atoms with Gasteiger partial charge in [0.05, 0.1) is 21.1 Å². The summed E-state index contributed by atoms with van der Waals surface area (Å²) in [5.41, 5.74) is -0.311. The molecule has 0 aliphatic carbocycles. The monoisotopic (exact) mass is 476 g/mol. The average molecular weight is 476 g/mol. The van der Waals surface area contributed by atoms with Crippen LogP contribution in [0.1, 0.15) is 11.3 Å². The largest absolute Gasteiger partial charge is 0.457 e. The number of amides is 1. The van der Waals surface area contributed by atoms with Crippen LogP contribution in [0.25, 0.3) is 17.4 Å². The summed E-state index contributed by atoms with van der Waals surface area (Å²) >= 11 is 6.15. The highest BCUT2D eigenvalue weighted by molar-refractivity contribution is 8.27. The number of halogens is 3. The third-order valence-electron chi connectivity index (χ3n) is 4.49. The van der Waals surface area contributed by atoms with E-state index in [4.69, 9.17) is 16.6 Å². The molecule has 162 valence electrons. The van der Waals surface area contributed by atoms with Crippen molar-refractivity contribution >= 4 is 51.7 Å². The fourth-order valence-corrected chi connectivity index (χ4v) is 4.25. The van der Waals surface area contributed by atoms with Crippen LogP contribution < -0.4 is 4.90 Å². The maximum Gasteiger partial charge on any atom is 0.416 e. The standard InChI is InChI=1S/C21H11F3N2O4S2/c22-21(23,24)13-2-1-3-15(10-13)25-19(27)18(32-20(25)31)11-16-8-9-17(30-16)12-4-6-14(7-5-12)26(28)29/h1-11H/b18-11-. The molecule has 32 heavy (non-hydrogen) atoms. The number of thiocarbonyl (C=S) groups is 1. The van der Waals surface area contributed by atoms with Gasteiger partial charge in [0.15, 0.2) is 4.32 Å². The second-order valence-electron chi connectivity index (χ2n) is 6.57. The number of non-ortho nitro benzene ring substituents is 1. The summed E-state index contributed by atoms with van der Waals surface area (Å²) in [6.07, 6.45) is -3.10. The van der Waals surface area contributed by atoms with E-state index in [0.717, 1.165) is 28.8 Å². The number of nitro benzene ring substituents is 1. The van der Waals surface area contributed by atoms with Crippen LogP contribution in [-0.2, 0) is 11.0 Å². The first kappa shape index (κ1) is 21.8. The summed E-state index contributed by atoms with van der Waals surface area (Å²) < 4.78 is 44.9. The molecule has 1 saturated heterocycles. The molecule has 1 aliphatic heterocycles. The quantitative estimate of drug-likeness (QED) is 0.191. The lowest BCUT2D eigenvalue weighted by atomic mass is 10.1. The van der Waals surface area contributed by atoms with E-state index in [0.29, 0.717) is 17.1 Å². The van der Waals surface area contributed by atoms with E-state index in [1.807, 2.05) is 0 Å². The van der Waals surface area contributed by atoms with E-state index in [-0.39, 0.29) is 20.6 Å². The Balaban J connectivity index is 1.58. The maximum atomic E-state index is 13.0. The molecule has 6 nitrogen and oxygen atoms in total. The molecule has 1 amide bonds. The third-order valence-corrected chi connectivity index (χ3v) is 5.79. The number of anilines is 1. The van der Waals surface area contributed by atoms with Gasteiger partial charge in [0.25, 0.3) is 11.6 Å². The highest BCUT2D eigenvalue weighted by atomic mass is 32.2. The van der Waals surface area contributed by atoms with Crippen LogP contribution in [0.2, 0.25) is 0 Å². The predicted octanol–water partition coefficient (Wildman–Crippen LogP) is 6.28. The number of hydrogen-bond acceptors (Lipinski definition) is 6. The van der Waals surface area contributed by atoms with Gasteiger partial charge in [0, 0.05) is 23.8 Å². The molecule has 2 aromatic carbocycles. The van der Waals surface area contributed by atoms with Crippen LogP contribution in [0, 0.1) is 10.1 Å². The first-order valence-electron chi connectivity index (χ1n) is 8.93. The molecular formula is C21H11F3N2O4S2. The number of benzene rings is 2. The van der Waals surface area contributed by atoms with Crippen molar-refractivity contribution in [3.05, 3.63) is 87.0 Å². The minimum Gasteiger partial charge on any atom is -0.457 e. The van der Waals surface area contributed by atoms with Gasteiger partial charge in [-0.2, -0.15) is 13.2 Å². The molecule has 3 aromatic rings. The fraction of sp³-hybridized carbons (Fsp3) is 0.0476. The Morgan fingerprint density at radius 1 is 1.09 bits per heavy atom. The van der Waals surface area contributed by atoms with E-state index >= 15 is 0 Å². The van der Waals surface area contributed by atoms with Gasteiger partial charge in [-0.1, -0.05) is 30.0 Å². The Hall–Kier alpha value is -3.44. The average Bonchev–Trinajstić information content (AvgIpc) is 3.32. The Morgan fingerprint density at radius 3 is 2.47 bits per heavy atom. The number of thioether (sulfide) groups is 1. The van der Waals surface area contributed by atoms with Crippen LogP contribution >= 0.6 is 24.0 Å². The third kappa shape index (κ3) is 4.30. The van der Waals surface area contributed by atoms with Gasteiger partial charge < -0.3 is 4.42 Å².